The van der Waals surface area contributed by atoms with Gasteiger partial charge >= 0.3 is 0 Å². The molecule has 3 N–H and O–H groups in total. The molecule has 3 aromatic rings. The van der Waals surface area contributed by atoms with Crippen LogP contribution in [0.25, 0.3) is 11.0 Å². The van der Waals surface area contributed by atoms with E-state index >= 15 is 0 Å². The van der Waals surface area contributed by atoms with Crippen molar-refractivity contribution in [3.05, 3.63) is 41.9 Å². The smallest absolute Gasteiger partial charge is 0.161 e. The molecule has 4 heterocycles. The monoisotopic (exact) mass is 407 g/mol. The van der Waals surface area contributed by atoms with Crippen molar-refractivity contribution < 1.29 is 9.47 Å². The van der Waals surface area contributed by atoms with Crippen LogP contribution in [0, 0.1) is 5.92 Å². The predicted molar refractivity (Wildman–Crippen MR) is 117 cm³/mol. The second kappa shape index (κ2) is 8.14. The number of hydrogen-bond donors (Lipinski definition) is 3. The van der Waals surface area contributed by atoms with Crippen LogP contribution >= 0.6 is 0 Å². The van der Waals surface area contributed by atoms with Gasteiger partial charge in [0.15, 0.2) is 11.5 Å². The van der Waals surface area contributed by atoms with Gasteiger partial charge in [-0.2, -0.15) is 0 Å². The van der Waals surface area contributed by atoms with Gasteiger partial charge in [0.25, 0.3) is 0 Å². The van der Waals surface area contributed by atoms with E-state index in [0.717, 1.165) is 47.0 Å². The van der Waals surface area contributed by atoms with E-state index in [9.17, 15) is 0 Å². The lowest BCUT2D eigenvalue weighted by molar-refractivity contribution is 0.171. The Labute approximate surface area is 176 Å². The zero-order valence-corrected chi connectivity index (χ0v) is 17.6. The standard InChI is InChI=1S/C23H29N5O2/c1-14(2)21(15-5-6-19-20(10-15)30-9-8-29-19)28-23-17-11-18(16-4-3-7-24-12-16)27-22(17)25-13-26-23/h5-6,10-11,13-14,16,21,24H,3-4,7-9,12H2,1-2H3,(H2,25,26,27,28)/t16-,21-/m1/s1. The van der Waals surface area contributed by atoms with Crippen molar-refractivity contribution in [3.8, 4) is 11.5 Å². The summed E-state index contributed by atoms with van der Waals surface area (Å²) in [5.41, 5.74) is 3.28. The lowest BCUT2D eigenvalue weighted by Gasteiger charge is -2.26. The number of nitrogens with zero attached hydrogens (tertiary/aromatic N) is 2. The van der Waals surface area contributed by atoms with Crippen LogP contribution in [-0.2, 0) is 0 Å². The molecule has 1 aromatic carbocycles. The third-order valence-corrected chi connectivity index (χ3v) is 6.07. The topological polar surface area (TPSA) is 84.1 Å². The summed E-state index contributed by atoms with van der Waals surface area (Å²) >= 11 is 0. The number of benzene rings is 1. The maximum atomic E-state index is 5.80. The molecule has 7 nitrogen and oxygen atoms in total. The first kappa shape index (κ1) is 19.2. The zero-order chi connectivity index (χ0) is 20.5. The summed E-state index contributed by atoms with van der Waals surface area (Å²) in [6, 6.07) is 8.51. The third-order valence-electron chi connectivity index (χ3n) is 6.07. The highest BCUT2D eigenvalue weighted by Crippen LogP contribution is 2.36. The number of nitrogens with one attached hydrogen (secondary N) is 3. The molecule has 0 aliphatic carbocycles. The van der Waals surface area contributed by atoms with Gasteiger partial charge in [-0.3, -0.25) is 0 Å². The van der Waals surface area contributed by atoms with E-state index in [2.05, 4.69) is 57.6 Å². The lowest BCUT2D eigenvalue weighted by Crippen LogP contribution is -2.28. The van der Waals surface area contributed by atoms with E-state index < -0.39 is 0 Å². The normalized spacial score (nSPS) is 19.8. The molecule has 0 amide bonds. The molecule has 0 spiro atoms. The maximum Gasteiger partial charge on any atom is 0.161 e. The van der Waals surface area contributed by atoms with Crippen molar-refractivity contribution in [2.75, 3.05) is 31.6 Å². The molecule has 0 radical (unpaired) electrons. The van der Waals surface area contributed by atoms with Crippen LogP contribution in [-0.4, -0.2) is 41.3 Å². The van der Waals surface area contributed by atoms with E-state index in [4.69, 9.17) is 9.47 Å². The molecule has 2 aliphatic rings. The fraction of sp³-hybridized carbons (Fsp3) is 0.478. The van der Waals surface area contributed by atoms with E-state index in [1.807, 2.05) is 6.07 Å². The molecular formula is C23H29N5O2. The average Bonchev–Trinajstić information content (AvgIpc) is 3.23. The quantitative estimate of drug-likeness (QED) is 0.593. The Morgan fingerprint density at radius 1 is 1.10 bits per heavy atom. The molecule has 7 heteroatoms. The SMILES string of the molecule is CC(C)[C@@H](Nc1ncnc2[nH]c([C@@H]3CCCNC3)cc12)c1ccc2c(c1)OCCO2. The molecule has 0 unspecified atom stereocenters. The third kappa shape index (κ3) is 3.69. The molecule has 1 fully saturated rings. The van der Waals surface area contributed by atoms with E-state index in [0.29, 0.717) is 25.0 Å². The molecule has 0 bridgehead atoms. The van der Waals surface area contributed by atoms with Gasteiger partial charge in [0.2, 0.25) is 0 Å². The van der Waals surface area contributed by atoms with Gasteiger partial charge in [-0.05, 0) is 49.1 Å². The van der Waals surface area contributed by atoms with Gasteiger partial charge in [-0.1, -0.05) is 19.9 Å². The fourth-order valence-corrected chi connectivity index (χ4v) is 4.45. The lowest BCUT2D eigenvalue weighted by atomic mass is 9.95. The minimum absolute atomic E-state index is 0.0913. The molecule has 2 aliphatic heterocycles. The molecule has 158 valence electrons. The highest BCUT2D eigenvalue weighted by molar-refractivity contribution is 5.88. The molecule has 5 rings (SSSR count). The van der Waals surface area contributed by atoms with Gasteiger partial charge < -0.3 is 25.1 Å². The minimum Gasteiger partial charge on any atom is -0.486 e. The Morgan fingerprint density at radius 3 is 2.77 bits per heavy atom. The summed E-state index contributed by atoms with van der Waals surface area (Å²) in [4.78, 5) is 12.6. The van der Waals surface area contributed by atoms with Crippen molar-refractivity contribution in [2.45, 2.75) is 38.6 Å². The average molecular weight is 408 g/mol. The van der Waals surface area contributed by atoms with Crippen molar-refractivity contribution >= 4 is 16.9 Å². The number of anilines is 1. The Kier molecular flexibility index (Phi) is 5.21. The van der Waals surface area contributed by atoms with Crippen LogP contribution in [0.4, 0.5) is 5.82 Å². The fourth-order valence-electron chi connectivity index (χ4n) is 4.45. The van der Waals surface area contributed by atoms with Crippen molar-refractivity contribution in [1.29, 1.82) is 0 Å². The summed E-state index contributed by atoms with van der Waals surface area (Å²) in [5, 5.41) is 8.21. The van der Waals surface area contributed by atoms with Crippen LogP contribution in [0.1, 0.15) is 49.9 Å². The number of fused-ring (bicyclic) bond motifs is 2. The highest BCUT2D eigenvalue weighted by atomic mass is 16.6. The number of H-pyrrole nitrogens is 1. The van der Waals surface area contributed by atoms with Gasteiger partial charge in [-0.25, -0.2) is 9.97 Å². The van der Waals surface area contributed by atoms with E-state index in [1.54, 1.807) is 6.33 Å². The first-order valence-corrected chi connectivity index (χ1v) is 10.9. The first-order chi connectivity index (χ1) is 14.7. The minimum atomic E-state index is 0.0913. The predicted octanol–water partition coefficient (Wildman–Crippen LogP) is 4.01. The molecule has 30 heavy (non-hydrogen) atoms. The van der Waals surface area contributed by atoms with Gasteiger partial charge in [-0.15, -0.1) is 0 Å². The highest BCUT2D eigenvalue weighted by Gasteiger charge is 2.23. The number of ether oxygens (including phenoxy) is 2. The molecule has 2 atom stereocenters. The number of aromatic nitrogens is 3. The summed E-state index contributed by atoms with van der Waals surface area (Å²) in [5.74, 6) is 3.35. The van der Waals surface area contributed by atoms with Crippen LogP contribution in [0.2, 0.25) is 0 Å². The number of aromatic amines is 1. The Balaban J connectivity index is 1.46. The number of rotatable bonds is 5. The zero-order valence-electron chi connectivity index (χ0n) is 17.6. The first-order valence-electron chi connectivity index (χ1n) is 10.9. The molecule has 0 saturated carbocycles. The Morgan fingerprint density at radius 2 is 1.97 bits per heavy atom. The van der Waals surface area contributed by atoms with Crippen LogP contribution in [0.15, 0.2) is 30.6 Å². The molecular weight excluding hydrogens is 378 g/mol. The van der Waals surface area contributed by atoms with Gasteiger partial charge in [0.1, 0.15) is 31.0 Å². The van der Waals surface area contributed by atoms with Crippen LogP contribution in [0.5, 0.6) is 11.5 Å². The van der Waals surface area contributed by atoms with Gasteiger partial charge in [0.05, 0.1) is 11.4 Å². The number of hydrogen-bond acceptors (Lipinski definition) is 6. The summed E-state index contributed by atoms with van der Waals surface area (Å²) in [7, 11) is 0. The van der Waals surface area contributed by atoms with Crippen molar-refractivity contribution in [2.24, 2.45) is 5.92 Å². The van der Waals surface area contributed by atoms with Gasteiger partial charge in [0, 0.05) is 18.2 Å². The number of piperidine rings is 1. The second-order valence-electron chi connectivity index (χ2n) is 8.52. The summed E-state index contributed by atoms with van der Waals surface area (Å²) in [6.45, 7) is 7.73. The largest absolute Gasteiger partial charge is 0.486 e. The summed E-state index contributed by atoms with van der Waals surface area (Å²) in [6.07, 6.45) is 4.03. The Bertz CT molecular complexity index is 1030. The Hall–Kier alpha value is -2.80. The van der Waals surface area contributed by atoms with E-state index in [1.165, 1.54) is 18.5 Å². The second-order valence-corrected chi connectivity index (χ2v) is 8.52. The van der Waals surface area contributed by atoms with Crippen LogP contribution in [0.3, 0.4) is 0 Å². The molecule has 2 aromatic heterocycles. The molecule has 1 saturated heterocycles. The van der Waals surface area contributed by atoms with Crippen molar-refractivity contribution in [3.63, 3.8) is 0 Å². The van der Waals surface area contributed by atoms with E-state index in [-0.39, 0.29) is 6.04 Å². The van der Waals surface area contributed by atoms with Crippen molar-refractivity contribution in [1.82, 2.24) is 20.3 Å². The maximum absolute atomic E-state index is 5.80. The summed E-state index contributed by atoms with van der Waals surface area (Å²) < 4.78 is 11.5. The van der Waals surface area contributed by atoms with Crippen LogP contribution < -0.4 is 20.1 Å².